The van der Waals surface area contributed by atoms with Crippen LogP contribution in [0.15, 0.2) is 29.4 Å². The van der Waals surface area contributed by atoms with Gasteiger partial charge in [0.1, 0.15) is 11.4 Å². The molecule has 0 bridgehead atoms. The highest BCUT2D eigenvalue weighted by atomic mass is 35.5. The van der Waals surface area contributed by atoms with Crippen LogP contribution < -0.4 is 10.6 Å². The van der Waals surface area contributed by atoms with Gasteiger partial charge in [0, 0.05) is 12.0 Å². The Bertz CT molecular complexity index is 676. The van der Waals surface area contributed by atoms with Crippen molar-refractivity contribution in [1.29, 1.82) is 0 Å². The first-order valence-corrected chi connectivity index (χ1v) is 9.97. The maximum atomic E-state index is 11.3. The molecular weight excluding hydrogens is 376 g/mol. The van der Waals surface area contributed by atoms with E-state index in [1.807, 2.05) is 25.1 Å². The zero-order valence-electron chi connectivity index (χ0n) is 17.0. The molecule has 2 N–H and O–H groups in total. The second-order valence-electron chi connectivity index (χ2n) is 7.25. The monoisotopic (exact) mass is 408 g/mol. The molecule has 1 aliphatic rings. The topological polar surface area (TPSA) is 73.9 Å². The second-order valence-corrected chi connectivity index (χ2v) is 7.25. The van der Waals surface area contributed by atoms with E-state index in [0.717, 1.165) is 42.6 Å². The van der Waals surface area contributed by atoms with E-state index in [4.69, 9.17) is 15.3 Å². The van der Waals surface area contributed by atoms with E-state index < -0.39 is 0 Å². The number of hydrogen-bond donors (Lipinski definition) is 1. The molecule has 0 aromatic heterocycles. The van der Waals surface area contributed by atoms with Crippen molar-refractivity contribution in [3.8, 4) is 5.75 Å². The summed E-state index contributed by atoms with van der Waals surface area (Å²) in [6.45, 7) is 4.46. The summed E-state index contributed by atoms with van der Waals surface area (Å²) in [6, 6.07) is 5.97. The number of nitrogens with two attached hydrogens (primary N) is 1. The fourth-order valence-corrected chi connectivity index (χ4v) is 3.33. The van der Waals surface area contributed by atoms with Crippen LogP contribution in [0, 0.1) is 0 Å². The summed E-state index contributed by atoms with van der Waals surface area (Å²) in [6.07, 6.45) is 14.2. The van der Waals surface area contributed by atoms with Crippen molar-refractivity contribution < 1.29 is 14.3 Å². The predicted octanol–water partition coefficient (Wildman–Crippen LogP) is 5.25. The van der Waals surface area contributed by atoms with Gasteiger partial charge in [0.2, 0.25) is 0 Å². The van der Waals surface area contributed by atoms with Crippen molar-refractivity contribution in [3.63, 3.8) is 0 Å². The molecule has 156 valence electrons. The number of ether oxygens (including phenoxy) is 2. The normalized spacial score (nSPS) is 17.6. The van der Waals surface area contributed by atoms with Gasteiger partial charge in [0.15, 0.2) is 0 Å². The lowest BCUT2D eigenvalue weighted by Gasteiger charge is -2.32. The Balaban J connectivity index is 0.00000392. The SMILES string of the molecule is CCOC(=O)CCCCCCCCC1(C)C=Cc2cc(C=NN)ccc2O1.Cl. The van der Waals surface area contributed by atoms with Crippen LogP contribution in [-0.2, 0) is 9.53 Å². The molecule has 5 nitrogen and oxygen atoms in total. The maximum Gasteiger partial charge on any atom is 0.305 e. The molecule has 0 amide bonds. The number of hydrogen-bond acceptors (Lipinski definition) is 5. The highest BCUT2D eigenvalue weighted by Gasteiger charge is 2.26. The zero-order chi connectivity index (χ0) is 19.5. The van der Waals surface area contributed by atoms with Gasteiger partial charge in [-0.3, -0.25) is 4.79 Å². The minimum atomic E-state index is -0.250. The predicted molar refractivity (Wildman–Crippen MR) is 117 cm³/mol. The van der Waals surface area contributed by atoms with E-state index in [-0.39, 0.29) is 24.0 Å². The number of rotatable bonds is 11. The van der Waals surface area contributed by atoms with Crippen molar-refractivity contribution in [2.45, 2.75) is 70.8 Å². The Morgan fingerprint density at radius 2 is 1.93 bits per heavy atom. The van der Waals surface area contributed by atoms with E-state index in [1.54, 1.807) is 6.21 Å². The number of carbonyl (C=O) groups excluding carboxylic acids is 1. The van der Waals surface area contributed by atoms with Gasteiger partial charge >= 0.3 is 5.97 Å². The number of halogens is 1. The molecule has 0 spiro atoms. The Kier molecular flexibility index (Phi) is 10.7. The smallest absolute Gasteiger partial charge is 0.305 e. The molecule has 6 heteroatoms. The van der Waals surface area contributed by atoms with E-state index in [1.165, 1.54) is 19.3 Å². The number of nitrogens with zero attached hydrogens (tertiary/aromatic N) is 1. The van der Waals surface area contributed by atoms with E-state index in [9.17, 15) is 4.79 Å². The van der Waals surface area contributed by atoms with Crippen LogP contribution in [0.4, 0.5) is 0 Å². The third kappa shape index (κ3) is 7.93. The van der Waals surface area contributed by atoms with Crippen molar-refractivity contribution >= 4 is 30.7 Å². The fraction of sp³-hybridized carbons (Fsp3) is 0.545. The minimum Gasteiger partial charge on any atom is -0.483 e. The first-order valence-electron chi connectivity index (χ1n) is 9.97. The van der Waals surface area contributed by atoms with Crippen LogP contribution in [0.25, 0.3) is 6.08 Å². The van der Waals surface area contributed by atoms with Crippen LogP contribution in [0.3, 0.4) is 0 Å². The Labute approximate surface area is 174 Å². The molecule has 1 aromatic carbocycles. The maximum absolute atomic E-state index is 11.3. The Hall–Kier alpha value is -2.01. The van der Waals surface area contributed by atoms with Gasteiger partial charge in [-0.1, -0.05) is 31.8 Å². The van der Waals surface area contributed by atoms with E-state index >= 15 is 0 Å². The minimum absolute atomic E-state index is 0. The molecule has 1 aromatic rings. The molecule has 0 saturated carbocycles. The first kappa shape index (κ1) is 24.0. The third-order valence-corrected chi connectivity index (χ3v) is 4.83. The summed E-state index contributed by atoms with van der Waals surface area (Å²) in [5.41, 5.74) is 1.78. The van der Waals surface area contributed by atoms with Crippen LogP contribution in [0.5, 0.6) is 5.75 Å². The number of unbranched alkanes of at least 4 members (excludes halogenated alkanes) is 5. The van der Waals surface area contributed by atoms with Crippen molar-refractivity contribution in [2.24, 2.45) is 10.9 Å². The molecule has 1 aliphatic heterocycles. The lowest BCUT2D eigenvalue weighted by Crippen LogP contribution is -2.31. The number of carbonyl (C=O) groups is 1. The average molecular weight is 409 g/mol. The summed E-state index contributed by atoms with van der Waals surface area (Å²) >= 11 is 0. The number of benzene rings is 1. The summed E-state index contributed by atoms with van der Waals surface area (Å²) in [7, 11) is 0. The molecule has 1 heterocycles. The number of hydrazone groups is 1. The number of esters is 1. The standard InChI is InChI=1S/C22H32N2O3.ClH/c1-3-26-21(25)10-8-6-4-5-7-9-14-22(2)15-13-19-16-18(17-24-23)11-12-20(19)27-22;/h11-13,15-17H,3-10,14,23H2,1-2H3;1H. The van der Waals surface area contributed by atoms with Crippen LogP contribution in [0.2, 0.25) is 0 Å². The zero-order valence-corrected chi connectivity index (χ0v) is 17.8. The molecule has 0 saturated heterocycles. The largest absolute Gasteiger partial charge is 0.483 e. The van der Waals surface area contributed by atoms with Crippen molar-refractivity contribution in [3.05, 3.63) is 35.4 Å². The van der Waals surface area contributed by atoms with E-state index in [2.05, 4.69) is 24.2 Å². The second kappa shape index (κ2) is 12.4. The summed E-state index contributed by atoms with van der Waals surface area (Å²) in [5.74, 6) is 6.05. The highest BCUT2D eigenvalue weighted by Crippen LogP contribution is 2.34. The molecule has 0 aliphatic carbocycles. The van der Waals surface area contributed by atoms with Gasteiger partial charge in [-0.25, -0.2) is 0 Å². The number of fused-ring (bicyclic) bond motifs is 1. The third-order valence-electron chi connectivity index (χ3n) is 4.83. The van der Waals surface area contributed by atoms with Gasteiger partial charge < -0.3 is 15.3 Å². The van der Waals surface area contributed by atoms with Crippen molar-refractivity contribution in [2.75, 3.05) is 6.61 Å². The lowest BCUT2D eigenvalue weighted by molar-refractivity contribution is -0.143. The van der Waals surface area contributed by atoms with Crippen molar-refractivity contribution in [1.82, 2.24) is 0 Å². The molecule has 1 unspecified atom stereocenters. The van der Waals surface area contributed by atoms with Crippen LogP contribution in [0.1, 0.15) is 76.3 Å². The van der Waals surface area contributed by atoms with Gasteiger partial charge in [0.25, 0.3) is 0 Å². The van der Waals surface area contributed by atoms with Crippen LogP contribution >= 0.6 is 12.4 Å². The van der Waals surface area contributed by atoms with E-state index in [0.29, 0.717) is 13.0 Å². The lowest BCUT2D eigenvalue weighted by atomic mass is 9.93. The summed E-state index contributed by atoms with van der Waals surface area (Å²) in [4.78, 5) is 11.3. The summed E-state index contributed by atoms with van der Waals surface area (Å²) in [5, 5.41) is 3.56. The fourth-order valence-electron chi connectivity index (χ4n) is 3.33. The Morgan fingerprint density at radius 3 is 2.64 bits per heavy atom. The van der Waals surface area contributed by atoms with Gasteiger partial charge in [-0.2, -0.15) is 5.10 Å². The highest BCUT2D eigenvalue weighted by molar-refractivity contribution is 5.85. The summed E-state index contributed by atoms with van der Waals surface area (Å²) < 4.78 is 11.2. The first-order chi connectivity index (χ1) is 13.1. The quantitative estimate of drug-likeness (QED) is 0.178. The Morgan fingerprint density at radius 1 is 1.21 bits per heavy atom. The van der Waals surface area contributed by atoms with Gasteiger partial charge in [-0.05, 0) is 62.9 Å². The molecule has 0 fully saturated rings. The molecular formula is C22H33ClN2O3. The average Bonchev–Trinajstić information content (AvgIpc) is 2.64. The molecule has 1 atom stereocenters. The molecule has 2 rings (SSSR count). The van der Waals surface area contributed by atoms with Crippen LogP contribution in [-0.4, -0.2) is 24.4 Å². The van der Waals surface area contributed by atoms with Gasteiger partial charge in [0.05, 0.1) is 12.8 Å². The molecule has 28 heavy (non-hydrogen) atoms. The van der Waals surface area contributed by atoms with Gasteiger partial charge in [-0.15, -0.1) is 12.4 Å². The molecule has 0 radical (unpaired) electrons.